The number of carboxylic acid groups (broad SMARTS) is 1. The molecular formula is C65H111N11O13. The zero-order valence-electron chi connectivity index (χ0n) is 57.6. The van der Waals surface area contributed by atoms with Crippen molar-refractivity contribution in [3.63, 3.8) is 0 Å². The Labute approximate surface area is 530 Å². The van der Waals surface area contributed by atoms with Gasteiger partial charge in [0.1, 0.15) is 60.4 Å². The summed E-state index contributed by atoms with van der Waals surface area (Å²) in [6.45, 7) is 27.8. The van der Waals surface area contributed by atoms with Crippen LogP contribution in [0.4, 0.5) is 0 Å². The van der Waals surface area contributed by atoms with E-state index in [9.17, 15) is 48.6 Å². The normalized spacial score (nSPS) is 17.5. The number of hydrogen-bond acceptors (Lipinski definition) is 13. The minimum Gasteiger partial charge on any atom is -0.480 e. The van der Waals surface area contributed by atoms with Crippen LogP contribution in [0.3, 0.4) is 0 Å². The highest BCUT2D eigenvalue weighted by atomic mass is 16.4. The Bertz CT molecular complexity index is 2580. The molecule has 89 heavy (non-hydrogen) atoms. The molecule has 13 atom stereocenters. The number of amides is 10. The molecule has 1 aliphatic rings. The number of carboxylic acids is 1. The number of aliphatic carboxylic acids is 1. The van der Waals surface area contributed by atoms with Gasteiger partial charge in [0.2, 0.25) is 59.1 Å². The van der Waals surface area contributed by atoms with E-state index in [1.54, 1.807) is 102 Å². The third kappa shape index (κ3) is 20.2. The maximum absolute atomic E-state index is 15.2. The van der Waals surface area contributed by atoms with E-state index in [4.69, 9.17) is 0 Å². The molecule has 0 spiro atoms. The Hall–Kier alpha value is -6.69. The van der Waals surface area contributed by atoms with Crippen molar-refractivity contribution < 1.29 is 63.0 Å². The molecular weight excluding hydrogens is 1140 g/mol. The summed E-state index contributed by atoms with van der Waals surface area (Å²) in [6.07, 6.45) is -0.216. The highest BCUT2D eigenvalue weighted by Crippen LogP contribution is 2.28. The average Bonchev–Trinajstić information content (AvgIpc) is 2.69. The van der Waals surface area contributed by atoms with E-state index >= 15 is 14.4 Å². The number of likely N-dealkylation sites (N-methyl/N-ethyl adjacent to an activating group) is 7. The summed E-state index contributed by atoms with van der Waals surface area (Å²) in [4.78, 5) is 166. The molecule has 0 aliphatic carbocycles. The second-order valence-corrected chi connectivity index (χ2v) is 26.7. The van der Waals surface area contributed by atoms with Crippen LogP contribution in [0, 0.1) is 41.4 Å². The molecule has 6 N–H and O–H groups in total. The number of nitrogens with zero attached hydrogens (tertiary/aromatic N) is 7. The predicted molar refractivity (Wildman–Crippen MR) is 341 cm³/mol. The van der Waals surface area contributed by atoms with Crippen LogP contribution in [0.15, 0.2) is 30.3 Å². The van der Waals surface area contributed by atoms with Crippen molar-refractivity contribution in [2.75, 3.05) is 55.9 Å². The van der Waals surface area contributed by atoms with E-state index in [0.29, 0.717) is 18.4 Å². The van der Waals surface area contributed by atoms with E-state index in [-0.39, 0.29) is 43.6 Å². The molecule has 13 unspecified atom stereocenters. The molecule has 1 aromatic rings. The SMILES string of the molecule is CCC(C)C(C(=O)NC(CC(C)C)C(=O)O)N(C)C(=O)C(Cc1ccccc1)N(C)C(=O)C(C(C)C)N(C)C(=O)C(C(C)C)N(C)C(=O)C1CCCN1C(=O)C(C(C)C)N(C)C(=O)C(NC(=O)C(NC(=O)C(C(C)C)N(C)C(=O)C(C)NC)C(C)C)C(C)O. The predicted octanol–water partition coefficient (Wildman–Crippen LogP) is 3.08. The van der Waals surface area contributed by atoms with Crippen LogP contribution in [0.5, 0.6) is 0 Å². The molecule has 504 valence electrons. The van der Waals surface area contributed by atoms with Gasteiger partial charge in [-0.15, -0.1) is 0 Å². The lowest BCUT2D eigenvalue weighted by Crippen LogP contribution is -2.64. The molecule has 10 amide bonds. The molecule has 0 radical (unpaired) electrons. The van der Waals surface area contributed by atoms with Crippen LogP contribution in [0.2, 0.25) is 0 Å². The lowest BCUT2D eigenvalue weighted by molar-refractivity contribution is -0.158. The largest absolute Gasteiger partial charge is 0.480 e. The first-order valence-corrected chi connectivity index (χ1v) is 31.7. The standard InChI is InChI=1S/C65H111N11O13/c1-24-41(14)54(57(80)67-45(65(88)89)33-35(2)3)75(23)60(83)47(34-44-29-26-25-27-30-44)70(18)62(85)51(38(8)9)74(22)63(86)52(39(10)11)72(20)59(82)46-31-28-32-76(46)64(87)53(40(12)13)73(21)61(84)49(43(16)77)69-55(78)48(36(4)5)68-56(79)50(37(6)7)71(19)58(81)42(15)66-17/h25-27,29-30,35-43,45-54,66,77H,24,28,31-34H2,1-23H3,(H,67,80)(H,68,79)(H,69,78)(H,88,89). The van der Waals surface area contributed by atoms with Gasteiger partial charge in [-0.25, -0.2) is 4.79 Å². The van der Waals surface area contributed by atoms with Gasteiger partial charge >= 0.3 is 5.97 Å². The van der Waals surface area contributed by atoms with Crippen LogP contribution >= 0.6 is 0 Å². The topological polar surface area (TPSA) is 299 Å². The third-order valence-electron chi connectivity index (χ3n) is 17.4. The smallest absolute Gasteiger partial charge is 0.326 e. The molecule has 2 rings (SSSR count). The Morgan fingerprint density at radius 3 is 1.46 bits per heavy atom. The fourth-order valence-electron chi connectivity index (χ4n) is 12.1. The number of aliphatic hydroxyl groups is 1. The van der Waals surface area contributed by atoms with Crippen LogP contribution < -0.4 is 21.3 Å². The van der Waals surface area contributed by atoms with Crippen LogP contribution in [0.25, 0.3) is 0 Å². The van der Waals surface area contributed by atoms with Gasteiger partial charge < -0.3 is 65.8 Å². The quantitative estimate of drug-likeness (QED) is 0.0590. The minimum absolute atomic E-state index is 0.0242. The average molecular weight is 1250 g/mol. The summed E-state index contributed by atoms with van der Waals surface area (Å²) in [5.74, 6) is -10.3. The number of aliphatic hydroxyl groups excluding tert-OH is 1. The van der Waals surface area contributed by atoms with Crippen molar-refractivity contribution in [2.45, 2.75) is 215 Å². The van der Waals surface area contributed by atoms with Gasteiger partial charge in [0.15, 0.2) is 0 Å². The first-order chi connectivity index (χ1) is 41.2. The van der Waals surface area contributed by atoms with Crippen molar-refractivity contribution in [1.82, 2.24) is 55.6 Å². The molecule has 0 aromatic heterocycles. The highest BCUT2D eigenvalue weighted by Gasteiger charge is 2.48. The highest BCUT2D eigenvalue weighted by molar-refractivity contribution is 5.99. The van der Waals surface area contributed by atoms with E-state index in [0.717, 1.165) is 4.90 Å². The molecule has 1 saturated heterocycles. The lowest BCUT2D eigenvalue weighted by Gasteiger charge is -2.42. The summed E-state index contributed by atoms with van der Waals surface area (Å²) in [6, 6.07) is -3.50. The van der Waals surface area contributed by atoms with E-state index in [2.05, 4.69) is 21.3 Å². The molecule has 1 heterocycles. The number of rotatable bonds is 33. The van der Waals surface area contributed by atoms with Gasteiger partial charge in [0, 0.05) is 55.3 Å². The molecule has 0 bridgehead atoms. The zero-order chi connectivity index (χ0) is 68.5. The van der Waals surface area contributed by atoms with Crippen molar-refractivity contribution in [2.24, 2.45) is 41.4 Å². The number of hydrogen-bond donors (Lipinski definition) is 6. The zero-order valence-corrected chi connectivity index (χ0v) is 57.6. The maximum Gasteiger partial charge on any atom is 0.326 e. The maximum atomic E-state index is 15.2. The fourth-order valence-corrected chi connectivity index (χ4v) is 12.1. The van der Waals surface area contributed by atoms with Gasteiger partial charge in [0.25, 0.3) is 0 Å². The lowest BCUT2D eigenvalue weighted by atomic mass is 9.93. The van der Waals surface area contributed by atoms with Gasteiger partial charge in [0.05, 0.1) is 12.1 Å². The third-order valence-corrected chi connectivity index (χ3v) is 17.4. The van der Waals surface area contributed by atoms with Gasteiger partial charge in [-0.1, -0.05) is 134 Å². The Morgan fingerprint density at radius 2 is 1.00 bits per heavy atom. The summed E-state index contributed by atoms with van der Waals surface area (Å²) in [7, 11) is 10.4. The second-order valence-electron chi connectivity index (χ2n) is 26.7. The summed E-state index contributed by atoms with van der Waals surface area (Å²) in [5.41, 5.74) is 0.705. The van der Waals surface area contributed by atoms with E-state index in [1.807, 2.05) is 39.0 Å². The monoisotopic (exact) mass is 1250 g/mol. The Balaban J connectivity index is 2.54. The minimum atomic E-state index is -1.59. The molecule has 1 aromatic carbocycles. The number of carbonyl (C=O) groups excluding carboxylic acids is 10. The molecule has 0 saturated carbocycles. The molecule has 1 fully saturated rings. The summed E-state index contributed by atoms with van der Waals surface area (Å²) >= 11 is 0. The number of likely N-dealkylation sites (tertiary alicyclic amines) is 1. The van der Waals surface area contributed by atoms with E-state index in [1.165, 1.54) is 78.6 Å². The molecule has 24 nitrogen and oxygen atoms in total. The number of carbonyl (C=O) groups is 11. The van der Waals surface area contributed by atoms with Gasteiger partial charge in [-0.05, 0) is 87.1 Å². The Morgan fingerprint density at radius 1 is 0.539 bits per heavy atom. The number of benzene rings is 1. The number of nitrogens with one attached hydrogen (secondary N) is 4. The summed E-state index contributed by atoms with van der Waals surface area (Å²) in [5, 5.41) is 32.0. The van der Waals surface area contributed by atoms with Crippen LogP contribution in [0.1, 0.15) is 142 Å². The van der Waals surface area contributed by atoms with Crippen molar-refractivity contribution in [3.8, 4) is 0 Å². The van der Waals surface area contributed by atoms with Gasteiger partial charge in [-0.3, -0.25) is 47.9 Å². The van der Waals surface area contributed by atoms with Crippen LogP contribution in [-0.2, 0) is 59.2 Å². The van der Waals surface area contributed by atoms with Crippen molar-refractivity contribution in [1.29, 1.82) is 0 Å². The van der Waals surface area contributed by atoms with Crippen LogP contribution in [-0.4, -0.2) is 238 Å². The second kappa shape index (κ2) is 35.1. The molecule has 1 aliphatic heterocycles. The van der Waals surface area contributed by atoms with Gasteiger partial charge in [-0.2, -0.15) is 0 Å². The fraction of sp³-hybridized carbons (Fsp3) is 0.738. The van der Waals surface area contributed by atoms with E-state index < -0.39 is 161 Å². The first-order valence-electron chi connectivity index (χ1n) is 31.7. The van der Waals surface area contributed by atoms with Crippen molar-refractivity contribution in [3.05, 3.63) is 35.9 Å². The summed E-state index contributed by atoms with van der Waals surface area (Å²) < 4.78 is 0. The molecule has 24 heteroatoms. The first kappa shape index (κ1) is 78.4. The Kier molecular flexibility index (Phi) is 30.9. The van der Waals surface area contributed by atoms with Crippen molar-refractivity contribution >= 4 is 65.0 Å².